The lowest BCUT2D eigenvalue weighted by Gasteiger charge is -2.25. The highest BCUT2D eigenvalue weighted by Gasteiger charge is 2.37. The zero-order chi connectivity index (χ0) is 25.3. The Morgan fingerprint density at radius 3 is 2.35 bits per heavy atom. The number of anilines is 1. The van der Waals surface area contributed by atoms with E-state index in [1.54, 1.807) is 0 Å². The average molecular weight is 504 g/mol. The van der Waals surface area contributed by atoms with E-state index in [0.29, 0.717) is 11.6 Å². The molecule has 2 N–H and O–H groups in total. The van der Waals surface area contributed by atoms with Gasteiger partial charge in [-0.05, 0) is 42.7 Å². The van der Waals surface area contributed by atoms with Crippen LogP contribution in [0.5, 0.6) is 0 Å². The Morgan fingerprint density at radius 2 is 1.74 bits per heavy atom. The summed E-state index contributed by atoms with van der Waals surface area (Å²) < 4.78 is 90.5. The molecule has 2 aromatic carbocycles. The number of unbranched alkanes of at least 4 members (excludes halogenated alkanes) is 1. The molecule has 1 aliphatic rings. The summed E-state index contributed by atoms with van der Waals surface area (Å²) in [4.78, 5) is 25.9. The van der Waals surface area contributed by atoms with Crippen LogP contribution in [-0.2, 0) is 21.2 Å². The van der Waals surface area contributed by atoms with Crippen molar-refractivity contribution in [3.8, 4) is 0 Å². The lowest BCUT2D eigenvalue weighted by molar-refractivity contribution is -0.135. The number of nitrogens with zero attached hydrogens (tertiary/aromatic N) is 1. The molecular formula is C22H21F5N2O4S. The van der Waals surface area contributed by atoms with Crippen LogP contribution in [0.2, 0.25) is 0 Å². The van der Waals surface area contributed by atoms with Crippen molar-refractivity contribution in [3.63, 3.8) is 0 Å². The first-order valence-electron chi connectivity index (χ1n) is 10.3. The van der Waals surface area contributed by atoms with Crippen molar-refractivity contribution < 1.29 is 40.0 Å². The fraction of sp³-hybridized carbons (Fsp3) is 0.364. The van der Waals surface area contributed by atoms with E-state index in [1.807, 2.05) is 0 Å². The summed E-state index contributed by atoms with van der Waals surface area (Å²) in [5.41, 5.74) is 5.36. The molecule has 34 heavy (non-hydrogen) atoms. The van der Waals surface area contributed by atoms with Gasteiger partial charge in [-0.15, -0.1) is 0 Å². The van der Waals surface area contributed by atoms with Gasteiger partial charge in [-0.2, -0.15) is 13.2 Å². The van der Waals surface area contributed by atoms with Crippen molar-refractivity contribution in [2.75, 3.05) is 10.7 Å². The molecule has 2 aromatic rings. The van der Waals surface area contributed by atoms with E-state index in [-0.39, 0.29) is 25.1 Å². The van der Waals surface area contributed by atoms with Gasteiger partial charge in [-0.1, -0.05) is 12.1 Å². The molecule has 0 unspecified atom stereocenters. The predicted octanol–water partition coefficient (Wildman–Crippen LogP) is 3.92. The highest BCUT2D eigenvalue weighted by Crippen LogP contribution is 2.34. The molecule has 0 aliphatic carbocycles. The SMILES string of the molecule is N[C@H]1CS(=O)(=O)c2cc(F)c(C(=O)CCCCC(F)(F)F)cc2N(Cc2ccc(F)cc2)C1=O. The number of ketones is 1. The van der Waals surface area contributed by atoms with Crippen LogP contribution in [0.15, 0.2) is 41.3 Å². The molecule has 184 valence electrons. The molecule has 0 bridgehead atoms. The topological polar surface area (TPSA) is 97.5 Å². The minimum absolute atomic E-state index is 0.156. The van der Waals surface area contributed by atoms with Crippen LogP contribution in [0.4, 0.5) is 27.6 Å². The Hall–Kier alpha value is -2.86. The van der Waals surface area contributed by atoms with Crippen LogP contribution in [0.25, 0.3) is 0 Å². The van der Waals surface area contributed by atoms with E-state index < -0.39 is 74.4 Å². The second kappa shape index (κ2) is 9.79. The molecule has 1 heterocycles. The Kier molecular flexibility index (Phi) is 7.41. The lowest BCUT2D eigenvalue weighted by Crippen LogP contribution is -2.45. The van der Waals surface area contributed by atoms with E-state index in [4.69, 9.17) is 5.73 Å². The summed E-state index contributed by atoms with van der Waals surface area (Å²) in [5.74, 6) is -4.13. The second-order valence-corrected chi connectivity index (χ2v) is 9.99. The van der Waals surface area contributed by atoms with Crippen LogP contribution in [0.1, 0.15) is 41.6 Å². The highest BCUT2D eigenvalue weighted by atomic mass is 32.2. The van der Waals surface area contributed by atoms with Crippen molar-refractivity contribution in [3.05, 3.63) is 59.2 Å². The molecule has 0 saturated carbocycles. The fourth-order valence-corrected chi connectivity index (χ4v) is 5.18. The Morgan fingerprint density at radius 1 is 1.09 bits per heavy atom. The van der Waals surface area contributed by atoms with Crippen molar-refractivity contribution >= 4 is 27.2 Å². The zero-order valence-electron chi connectivity index (χ0n) is 17.7. The molecule has 1 amide bonds. The third kappa shape index (κ3) is 5.98. The number of carbonyl (C=O) groups excluding carboxylic acids is 2. The summed E-state index contributed by atoms with van der Waals surface area (Å²) in [7, 11) is -4.22. The third-order valence-corrected chi connectivity index (χ3v) is 7.12. The number of nitrogens with two attached hydrogens (primary N) is 1. The van der Waals surface area contributed by atoms with Crippen LogP contribution in [0, 0.1) is 11.6 Å². The van der Waals surface area contributed by atoms with Crippen molar-refractivity contribution in [1.82, 2.24) is 0 Å². The van der Waals surface area contributed by atoms with Gasteiger partial charge >= 0.3 is 6.18 Å². The number of hydrogen-bond acceptors (Lipinski definition) is 5. The second-order valence-electron chi connectivity index (χ2n) is 7.98. The summed E-state index contributed by atoms with van der Waals surface area (Å²) in [6.07, 6.45) is -6.36. The summed E-state index contributed by atoms with van der Waals surface area (Å²) >= 11 is 0. The maximum Gasteiger partial charge on any atom is 0.389 e. The molecule has 1 atom stereocenters. The monoisotopic (exact) mass is 504 g/mol. The largest absolute Gasteiger partial charge is 0.389 e. The van der Waals surface area contributed by atoms with Gasteiger partial charge < -0.3 is 10.6 Å². The van der Waals surface area contributed by atoms with E-state index in [9.17, 15) is 40.0 Å². The van der Waals surface area contributed by atoms with Crippen molar-refractivity contribution in [2.24, 2.45) is 5.73 Å². The number of Topliss-reactive ketones (excluding diaryl/α,β-unsaturated/α-hetero) is 1. The van der Waals surface area contributed by atoms with Gasteiger partial charge in [0.1, 0.15) is 11.6 Å². The minimum Gasteiger partial charge on any atom is -0.319 e. The van der Waals surface area contributed by atoms with Crippen LogP contribution in [-0.4, -0.2) is 38.1 Å². The first kappa shape index (κ1) is 25.8. The van der Waals surface area contributed by atoms with Gasteiger partial charge in [-0.3, -0.25) is 9.59 Å². The maximum atomic E-state index is 14.8. The smallest absolute Gasteiger partial charge is 0.319 e. The summed E-state index contributed by atoms with van der Waals surface area (Å²) in [5, 5.41) is 0. The van der Waals surface area contributed by atoms with Gasteiger partial charge in [0.15, 0.2) is 15.6 Å². The Labute approximate surface area is 192 Å². The molecule has 12 heteroatoms. The molecular weight excluding hydrogens is 483 g/mol. The molecule has 0 saturated heterocycles. The zero-order valence-corrected chi connectivity index (χ0v) is 18.6. The van der Waals surface area contributed by atoms with Crippen LogP contribution in [0.3, 0.4) is 0 Å². The molecule has 0 fully saturated rings. The number of hydrogen-bond donors (Lipinski definition) is 1. The molecule has 3 rings (SSSR count). The predicted molar refractivity (Wildman–Crippen MR) is 113 cm³/mol. The molecule has 0 spiro atoms. The third-order valence-electron chi connectivity index (χ3n) is 5.33. The van der Waals surface area contributed by atoms with Crippen molar-refractivity contribution in [1.29, 1.82) is 0 Å². The molecule has 1 aliphatic heterocycles. The van der Waals surface area contributed by atoms with E-state index in [2.05, 4.69) is 0 Å². The van der Waals surface area contributed by atoms with Gasteiger partial charge in [-0.25, -0.2) is 17.2 Å². The van der Waals surface area contributed by atoms with E-state index >= 15 is 0 Å². The average Bonchev–Trinajstić information content (AvgIpc) is 2.80. The summed E-state index contributed by atoms with van der Waals surface area (Å²) in [6, 6.07) is 5.06. The lowest BCUT2D eigenvalue weighted by atomic mass is 10.0. The minimum atomic E-state index is -4.38. The fourth-order valence-electron chi connectivity index (χ4n) is 3.61. The standard InChI is InChI=1S/C22H21F5N2O4S/c23-14-6-4-13(5-7-14)11-29-18-9-15(19(30)3-1-2-8-22(25,26)27)16(24)10-20(18)34(32,33)12-17(28)21(29)31/h4-7,9-10,17H,1-3,8,11-12,28H2/t17-/m0/s1. The quantitative estimate of drug-likeness (QED) is 0.350. The highest BCUT2D eigenvalue weighted by molar-refractivity contribution is 7.91. The number of carbonyl (C=O) groups is 2. The van der Waals surface area contributed by atoms with Gasteiger partial charge in [0.05, 0.1) is 34.5 Å². The van der Waals surface area contributed by atoms with Gasteiger partial charge in [0.2, 0.25) is 5.91 Å². The number of fused-ring (bicyclic) bond motifs is 1. The van der Waals surface area contributed by atoms with Crippen LogP contribution < -0.4 is 10.6 Å². The Balaban J connectivity index is 1.99. The number of halogens is 5. The summed E-state index contributed by atoms with van der Waals surface area (Å²) in [6.45, 7) is -0.236. The number of alkyl halides is 3. The number of amides is 1. The normalized spacial score (nSPS) is 17.9. The first-order chi connectivity index (χ1) is 15.8. The molecule has 0 radical (unpaired) electrons. The first-order valence-corrected chi connectivity index (χ1v) is 11.9. The molecule has 6 nitrogen and oxygen atoms in total. The Bertz CT molecular complexity index is 1200. The molecule has 0 aromatic heterocycles. The number of sulfone groups is 1. The van der Waals surface area contributed by atoms with Gasteiger partial charge in [0, 0.05) is 12.8 Å². The maximum absolute atomic E-state index is 14.8. The van der Waals surface area contributed by atoms with E-state index in [0.717, 1.165) is 23.1 Å². The number of rotatable bonds is 7. The van der Waals surface area contributed by atoms with E-state index in [1.165, 1.54) is 12.1 Å². The van der Waals surface area contributed by atoms with Crippen molar-refractivity contribution in [2.45, 2.75) is 49.3 Å². The van der Waals surface area contributed by atoms with Gasteiger partial charge in [0.25, 0.3) is 0 Å². The number of benzene rings is 2. The van der Waals surface area contributed by atoms with Crippen LogP contribution >= 0.6 is 0 Å².